The maximum absolute atomic E-state index is 11.1. The van der Waals surface area contributed by atoms with Crippen LogP contribution in [0.3, 0.4) is 0 Å². The monoisotopic (exact) mass is 460 g/mol. The van der Waals surface area contributed by atoms with E-state index in [9.17, 15) is 8.42 Å². The molecule has 1 aromatic heterocycles. The van der Waals surface area contributed by atoms with Crippen LogP contribution in [-0.4, -0.2) is 51.0 Å². The fourth-order valence-electron chi connectivity index (χ4n) is 1.58. The molecular weight excluding hydrogens is 435 g/mol. The largest absolute Gasteiger partial charge is 0.357 e. The lowest BCUT2D eigenvalue weighted by Crippen LogP contribution is -2.38. The van der Waals surface area contributed by atoms with Gasteiger partial charge in [-0.3, -0.25) is 4.99 Å². The second-order valence-corrected chi connectivity index (χ2v) is 8.10. The molecule has 0 atom stereocenters. The summed E-state index contributed by atoms with van der Waals surface area (Å²) in [6.07, 6.45) is 4.99. The van der Waals surface area contributed by atoms with E-state index in [4.69, 9.17) is 0 Å². The van der Waals surface area contributed by atoms with Gasteiger partial charge in [0.15, 0.2) is 5.96 Å². The maximum atomic E-state index is 11.1. The summed E-state index contributed by atoms with van der Waals surface area (Å²) >= 11 is 1.73. The summed E-state index contributed by atoms with van der Waals surface area (Å²) in [6, 6.07) is 0. The van der Waals surface area contributed by atoms with Crippen molar-refractivity contribution < 1.29 is 8.42 Å². The number of halogens is 1. The average molecular weight is 460 g/mol. The zero-order valence-electron chi connectivity index (χ0n) is 13.3. The molecular formula is C13H25IN4O2S2. The van der Waals surface area contributed by atoms with Crippen LogP contribution in [0.25, 0.3) is 0 Å². The number of rotatable bonds is 8. The normalized spacial score (nSPS) is 11.9. The minimum Gasteiger partial charge on any atom is -0.357 e. The number of nitrogens with one attached hydrogen (secondary N) is 2. The van der Waals surface area contributed by atoms with E-state index >= 15 is 0 Å². The van der Waals surface area contributed by atoms with Crippen LogP contribution in [0.2, 0.25) is 0 Å². The van der Waals surface area contributed by atoms with E-state index in [1.54, 1.807) is 11.3 Å². The molecule has 1 aromatic rings. The van der Waals surface area contributed by atoms with Crippen molar-refractivity contribution in [2.24, 2.45) is 4.99 Å². The third-order valence-corrected chi connectivity index (χ3v) is 4.78. The molecule has 0 unspecified atom stereocenters. The molecule has 0 saturated carbocycles. The Hall–Kier alpha value is -0.420. The minimum atomic E-state index is -2.97. The van der Waals surface area contributed by atoms with Crippen LogP contribution in [0.1, 0.15) is 23.7 Å². The molecule has 0 radical (unpaired) electrons. The summed E-state index contributed by atoms with van der Waals surface area (Å²) in [6.45, 7) is 5.82. The lowest BCUT2D eigenvalue weighted by atomic mass is 10.4. The van der Waals surface area contributed by atoms with Gasteiger partial charge in [-0.1, -0.05) is 6.92 Å². The molecule has 0 aromatic carbocycles. The Morgan fingerprint density at radius 2 is 2.09 bits per heavy atom. The van der Waals surface area contributed by atoms with Crippen LogP contribution in [0.15, 0.2) is 11.2 Å². The van der Waals surface area contributed by atoms with E-state index in [1.165, 1.54) is 11.1 Å². The van der Waals surface area contributed by atoms with Gasteiger partial charge in [0.1, 0.15) is 9.84 Å². The zero-order valence-corrected chi connectivity index (χ0v) is 17.2. The summed E-state index contributed by atoms with van der Waals surface area (Å²) in [7, 11) is -2.97. The number of guanidine groups is 1. The fourth-order valence-corrected chi connectivity index (χ4v) is 2.86. The van der Waals surface area contributed by atoms with E-state index in [2.05, 4.69) is 27.5 Å². The van der Waals surface area contributed by atoms with Gasteiger partial charge in [0, 0.05) is 36.8 Å². The van der Waals surface area contributed by atoms with E-state index < -0.39 is 9.84 Å². The first kappa shape index (κ1) is 21.6. The first-order valence-electron chi connectivity index (χ1n) is 7.08. The highest BCUT2D eigenvalue weighted by atomic mass is 127. The molecule has 0 aliphatic carbocycles. The number of hydrogen-bond acceptors (Lipinski definition) is 5. The Bertz CT molecular complexity index is 558. The molecule has 0 amide bonds. The van der Waals surface area contributed by atoms with E-state index in [0.717, 1.165) is 30.9 Å². The standard InChI is InChI=1S/C13H24N4O2S2.HI/c1-4-11-10-17-12(20-11)6-7-15-13(14-5-2)16-8-9-21(3,18)19;/h10H,4-9H2,1-3H3,(H2,14,15,16);1H. The van der Waals surface area contributed by atoms with Crippen molar-refractivity contribution in [3.05, 3.63) is 16.1 Å². The molecule has 0 spiro atoms. The number of aliphatic imine (C=N–C) groups is 1. The fraction of sp³-hybridized carbons (Fsp3) is 0.692. The number of nitrogens with zero attached hydrogens (tertiary/aromatic N) is 2. The van der Waals surface area contributed by atoms with Gasteiger partial charge in [0.05, 0.1) is 17.3 Å². The van der Waals surface area contributed by atoms with Gasteiger partial charge < -0.3 is 10.6 Å². The predicted octanol–water partition coefficient (Wildman–Crippen LogP) is 1.47. The maximum Gasteiger partial charge on any atom is 0.191 e. The summed E-state index contributed by atoms with van der Waals surface area (Å²) in [4.78, 5) is 9.90. The average Bonchev–Trinajstić information content (AvgIpc) is 2.85. The molecule has 0 aliphatic rings. The molecule has 6 nitrogen and oxygen atoms in total. The van der Waals surface area contributed by atoms with Crippen molar-refractivity contribution in [1.29, 1.82) is 0 Å². The second-order valence-electron chi connectivity index (χ2n) is 4.64. The number of thiazole rings is 1. The van der Waals surface area contributed by atoms with Gasteiger partial charge >= 0.3 is 0 Å². The summed E-state index contributed by atoms with van der Waals surface area (Å²) in [5.41, 5.74) is 0. The zero-order chi connectivity index (χ0) is 15.7. The first-order chi connectivity index (χ1) is 9.94. The molecule has 2 N–H and O–H groups in total. The molecule has 1 heterocycles. The van der Waals surface area contributed by atoms with E-state index in [1.807, 2.05) is 13.1 Å². The number of aromatic nitrogens is 1. The van der Waals surface area contributed by atoms with Crippen molar-refractivity contribution >= 4 is 51.1 Å². The highest BCUT2D eigenvalue weighted by Crippen LogP contribution is 2.13. The summed E-state index contributed by atoms with van der Waals surface area (Å²) in [5, 5.41) is 7.40. The number of sulfone groups is 1. The molecule has 0 fully saturated rings. The van der Waals surface area contributed by atoms with Crippen LogP contribution >= 0.6 is 35.3 Å². The van der Waals surface area contributed by atoms with Gasteiger partial charge in [0.25, 0.3) is 0 Å². The molecule has 0 aliphatic heterocycles. The quantitative estimate of drug-likeness (QED) is 0.349. The minimum absolute atomic E-state index is 0. The predicted molar refractivity (Wildman–Crippen MR) is 104 cm³/mol. The second kappa shape index (κ2) is 11.2. The summed E-state index contributed by atoms with van der Waals surface area (Å²) in [5.74, 6) is 0.712. The third kappa shape index (κ3) is 9.57. The number of hydrogen-bond donors (Lipinski definition) is 2. The Kier molecular flexibility index (Phi) is 11.0. The van der Waals surface area contributed by atoms with Crippen LogP contribution in [0.4, 0.5) is 0 Å². The summed E-state index contributed by atoms with van der Waals surface area (Å²) < 4.78 is 22.2. The first-order valence-corrected chi connectivity index (χ1v) is 9.95. The molecule has 1 rings (SSSR count). The van der Waals surface area contributed by atoms with Crippen molar-refractivity contribution in [2.75, 3.05) is 31.6 Å². The van der Waals surface area contributed by atoms with Gasteiger partial charge in [-0.25, -0.2) is 13.4 Å². The molecule has 128 valence electrons. The molecule has 22 heavy (non-hydrogen) atoms. The SMILES string of the molecule is CCNC(=NCCS(C)(=O)=O)NCCc1ncc(CC)s1.I. The van der Waals surface area contributed by atoms with Gasteiger partial charge in [0.2, 0.25) is 0 Å². The van der Waals surface area contributed by atoms with E-state index in [-0.39, 0.29) is 36.3 Å². The smallest absolute Gasteiger partial charge is 0.191 e. The van der Waals surface area contributed by atoms with Crippen molar-refractivity contribution in [1.82, 2.24) is 15.6 Å². The van der Waals surface area contributed by atoms with Crippen molar-refractivity contribution in [2.45, 2.75) is 26.7 Å². The van der Waals surface area contributed by atoms with Crippen molar-refractivity contribution in [3.63, 3.8) is 0 Å². The van der Waals surface area contributed by atoms with Crippen LogP contribution in [0.5, 0.6) is 0 Å². The Morgan fingerprint density at radius 1 is 1.36 bits per heavy atom. The van der Waals surface area contributed by atoms with Crippen LogP contribution < -0.4 is 10.6 Å². The van der Waals surface area contributed by atoms with Crippen molar-refractivity contribution in [3.8, 4) is 0 Å². The Labute approximate surface area is 154 Å². The van der Waals surface area contributed by atoms with Gasteiger partial charge in [-0.05, 0) is 13.3 Å². The number of aryl methyl sites for hydroxylation is 1. The molecule has 9 heteroatoms. The third-order valence-electron chi connectivity index (χ3n) is 2.66. The van der Waals surface area contributed by atoms with E-state index in [0.29, 0.717) is 5.96 Å². The van der Waals surface area contributed by atoms with Crippen LogP contribution in [0, 0.1) is 0 Å². The molecule has 0 saturated heterocycles. The van der Waals surface area contributed by atoms with Gasteiger partial charge in [-0.2, -0.15) is 0 Å². The lowest BCUT2D eigenvalue weighted by Gasteiger charge is -2.10. The van der Waals surface area contributed by atoms with Gasteiger partial charge in [-0.15, -0.1) is 35.3 Å². The Balaban J connectivity index is 0.00000441. The lowest BCUT2D eigenvalue weighted by molar-refractivity contribution is 0.601. The highest BCUT2D eigenvalue weighted by Gasteiger charge is 2.03. The molecule has 0 bridgehead atoms. The Morgan fingerprint density at radius 3 is 2.64 bits per heavy atom. The topological polar surface area (TPSA) is 83.5 Å². The van der Waals surface area contributed by atoms with Crippen LogP contribution in [-0.2, 0) is 22.7 Å². The highest BCUT2D eigenvalue weighted by molar-refractivity contribution is 14.0.